The number of hydrogen-bond acceptors (Lipinski definition) is 1. The van der Waals surface area contributed by atoms with Crippen molar-refractivity contribution in [1.29, 1.82) is 0 Å². The maximum atomic E-state index is 13.1. The molecule has 2 rings (SSSR count). The standard InChI is InChI=1S/C16H16BrFO/c1-3-19-14-7-4-12(5-8-14)16(17)15-9-6-13(18)10-11(15)2/h4-10,16H,3H2,1-2H3. The van der Waals surface area contributed by atoms with Crippen LogP contribution in [0.25, 0.3) is 0 Å². The van der Waals surface area contributed by atoms with Gasteiger partial charge in [0.2, 0.25) is 0 Å². The van der Waals surface area contributed by atoms with Crippen molar-refractivity contribution in [2.75, 3.05) is 6.61 Å². The van der Waals surface area contributed by atoms with Gasteiger partial charge in [0.05, 0.1) is 11.4 Å². The van der Waals surface area contributed by atoms with Crippen LogP contribution < -0.4 is 4.74 Å². The highest BCUT2D eigenvalue weighted by Gasteiger charge is 2.13. The van der Waals surface area contributed by atoms with Gasteiger partial charge in [0, 0.05) is 0 Å². The van der Waals surface area contributed by atoms with E-state index in [-0.39, 0.29) is 10.6 Å². The van der Waals surface area contributed by atoms with Gasteiger partial charge in [-0.1, -0.05) is 34.1 Å². The molecule has 0 radical (unpaired) electrons. The number of benzene rings is 2. The largest absolute Gasteiger partial charge is 0.494 e. The molecule has 0 aliphatic heterocycles. The summed E-state index contributed by atoms with van der Waals surface area (Å²) in [4.78, 5) is 0.0591. The van der Waals surface area contributed by atoms with Crippen molar-refractivity contribution >= 4 is 15.9 Å². The number of alkyl halides is 1. The summed E-state index contributed by atoms with van der Waals surface area (Å²) in [6, 6.07) is 12.8. The summed E-state index contributed by atoms with van der Waals surface area (Å²) in [7, 11) is 0. The predicted octanol–water partition coefficient (Wildman–Crippen LogP) is 5.02. The fourth-order valence-corrected chi connectivity index (χ4v) is 2.82. The second-order valence-electron chi connectivity index (χ2n) is 4.37. The van der Waals surface area contributed by atoms with Gasteiger partial charge in [-0.3, -0.25) is 0 Å². The van der Waals surface area contributed by atoms with Crippen LogP contribution in [-0.4, -0.2) is 6.61 Å². The number of hydrogen-bond donors (Lipinski definition) is 0. The average molecular weight is 323 g/mol. The number of rotatable bonds is 4. The van der Waals surface area contributed by atoms with E-state index in [1.165, 1.54) is 6.07 Å². The molecule has 0 heterocycles. The summed E-state index contributed by atoms with van der Waals surface area (Å²) in [5, 5.41) is 0. The Labute approximate surface area is 121 Å². The molecule has 1 atom stereocenters. The second kappa shape index (κ2) is 6.20. The van der Waals surface area contributed by atoms with Gasteiger partial charge in [0.25, 0.3) is 0 Å². The van der Waals surface area contributed by atoms with E-state index >= 15 is 0 Å². The Bertz CT molecular complexity index is 551. The van der Waals surface area contributed by atoms with Crippen molar-refractivity contribution in [2.45, 2.75) is 18.7 Å². The maximum Gasteiger partial charge on any atom is 0.123 e. The Morgan fingerprint density at radius 2 is 1.84 bits per heavy atom. The van der Waals surface area contributed by atoms with Gasteiger partial charge in [-0.2, -0.15) is 0 Å². The molecule has 0 aliphatic rings. The molecule has 2 aromatic rings. The average Bonchev–Trinajstić information content (AvgIpc) is 2.39. The normalized spacial score (nSPS) is 12.2. The van der Waals surface area contributed by atoms with E-state index in [4.69, 9.17) is 4.74 Å². The van der Waals surface area contributed by atoms with E-state index in [1.54, 1.807) is 6.07 Å². The van der Waals surface area contributed by atoms with Gasteiger partial charge in [-0.25, -0.2) is 4.39 Å². The SMILES string of the molecule is CCOc1ccc(C(Br)c2ccc(F)cc2C)cc1. The lowest BCUT2D eigenvalue weighted by Gasteiger charge is -2.14. The summed E-state index contributed by atoms with van der Waals surface area (Å²) < 4.78 is 18.5. The molecule has 0 fully saturated rings. The lowest BCUT2D eigenvalue weighted by atomic mass is 10.0. The lowest BCUT2D eigenvalue weighted by Crippen LogP contribution is -1.97. The van der Waals surface area contributed by atoms with Crippen LogP contribution in [0.3, 0.4) is 0 Å². The van der Waals surface area contributed by atoms with Crippen LogP contribution in [0.2, 0.25) is 0 Å². The lowest BCUT2D eigenvalue weighted by molar-refractivity contribution is 0.340. The topological polar surface area (TPSA) is 9.23 Å². The molecule has 0 saturated heterocycles. The molecule has 0 spiro atoms. The van der Waals surface area contributed by atoms with Crippen LogP contribution in [-0.2, 0) is 0 Å². The Kier molecular flexibility index (Phi) is 4.59. The van der Waals surface area contributed by atoms with E-state index in [0.717, 1.165) is 22.4 Å². The first-order valence-electron chi connectivity index (χ1n) is 6.24. The first-order valence-corrected chi connectivity index (χ1v) is 7.16. The van der Waals surface area contributed by atoms with Crippen LogP contribution in [0.5, 0.6) is 5.75 Å². The predicted molar refractivity (Wildman–Crippen MR) is 79.5 cm³/mol. The Morgan fingerprint density at radius 1 is 1.16 bits per heavy atom. The van der Waals surface area contributed by atoms with E-state index in [9.17, 15) is 4.39 Å². The monoisotopic (exact) mass is 322 g/mol. The molecule has 1 unspecified atom stereocenters. The Morgan fingerprint density at radius 3 is 2.42 bits per heavy atom. The van der Waals surface area contributed by atoms with Crippen molar-refractivity contribution in [3.05, 3.63) is 65.0 Å². The third-order valence-electron chi connectivity index (χ3n) is 2.99. The highest BCUT2D eigenvalue weighted by atomic mass is 79.9. The molecule has 0 bridgehead atoms. The van der Waals surface area contributed by atoms with Crippen LogP contribution in [0.15, 0.2) is 42.5 Å². The molecule has 0 amide bonds. The first-order chi connectivity index (χ1) is 9.11. The molecule has 0 N–H and O–H groups in total. The number of aryl methyl sites for hydroxylation is 1. The number of ether oxygens (including phenoxy) is 1. The molecular formula is C16H16BrFO. The summed E-state index contributed by atoms with van der Waals surface area (Å²) >= 11 is 3.67. The van der Waals surface area contributed by atoms with Crippen LogP contribution in [0.4, 0.5) is 4.39 Å². The molecule has 1 nitrogen and oxygen atoms in total. The van der Waals surface area contributed by atoms with Gasteiger partial charge >= 0.3 is 0 Å². The van der Waals surface area contributed by atoms with Crippen molar-refractivity contribution in [1.82, 2.24) is 0 Å². The van der Waals surface area contributed by atoms with E-state index in [0.29, 0.717) is 6.61 Å². The van der Waals surface area contributed by atoms with Crippen LogP contribution in [0.1, 0.15) is 28.4 Å². The minimum Gasteiger partial charge on any atom is -0.494 e. The first kappa shape index (κ1) is 14.1. The van der Waals surface area contributed by atoms with Crippen molar-refractivity contribution in [2.24, 2.45) is 0 Å². The molecular weight excluding hydrogens is 307 g/mol. The number of halogens is 2. The molecule has 100 valence electrons. The van der Waals surface area contributed by atoms with Crippen molar-refractivity contribution in [3.8, 4) is 5.75 Å². The van der Waals surface area contributed by atoms with Crippen molar-refractivity contribution in [3.63, 3.8) is 0 Å². The fourth-order valence-electron chi connectivity index (χ4n) is 2.00. The minimum atomic E-state index is -0.201. The maximum absolute atomic E-state index is 13.1. The van der Waals surface area contributed by atoms with Crippen LogP contribution in [0, 0.1) is 12.7 Å². The highest BCUT2D eigenvalue weighted by molar-refractivity contribution is 9.09. The van der Waals surface area contributed by atoms with Crippen LogP contribution >= 0.6 is 15.9 Å². The van der Waals surface area contributed by atoms with Gasteiger partial charge in [-0.05, 0) is 54.8 Å². The Hall–Kier alpha value is -1.35. The molecule has 3 heteroatoms. The Balaban J connectivity index is 2.25. The van der Waals surface area contributed by atoms with Gasteiger partial charge in [0.15, 0.2) is 0 Å². The minimum absolute atomic E-state index is 0.0591. The second-order valence-corrected chi connectivity index (χ2v) is 5.28. The molecule has 19 heavy (non-hydrogen) atoms. The summed E-state index contributed by atoms with van der Waals surface area (Å²) in [6.07, 6.45) is 0. The molecule has 0 aliphatic carbocycles. The van der Waals surface area contributed by atoms with Crippen molar-refractivity contribution < 1.29 is 9.13 Å². The van der Waals surface area contributed by atoms with Gasteiger partial charge in [0.1, 0.15) is 11.6 Å². The zero-order valence-electron chi connectivity index (χ0n) is 11.0. The fraction of sp³-hybridized carbons (Fsp3) is 0.250. The molecule has 0 aromatic heterocycles. The molecule has 0 saturated carbocycles. The zero-order valence-corrected chi connectivity index (χ0v) is 12.6. The summed E-state index contributed by atoms with van der Waals surface area (Å²) in [5.41, 5.74) is 3.14. The quantitative estimate of drug-likeness (QED) is 0.718. The smallest absolute Gasteiger partial charge is 0.123 e. The zero-order chi connectivity index (χ0) is 13.8. The van der Waals surface area contributed by atoms with Gasteiger partial charge in [-0.15, -0.1) is 0 Å². The van der Waals surface area contributed by atoms with E-state index in [2.05, 4.69) is 15.9 Å². The van der Waals surface area contributed by atoms with Gasteiger partial charge < -0.3 is 4.74 Å². The van der Waals surface area contributed by atoms with E-state index < -0.39 is 0 Å². The summed E-state index contributed by atoms with van der Waals surface area (Å²) in [5.74, 6) is 0.662. The highest BCUT2D eigenvalue weighted by Crippen LogP contribution is 2.33. The third-order valence-corrected chi connectivity index (χ3v) is 4.01. The third kappa shape index (κ3) is 3.35. The van der Waals surface area contributed by atoms with E-state index in [1.807, 2.05) is 44.2 Å². The summed E-state index contributed by atoms with van der Waals surface area (Å²) in [6.45, 7) is 4.54. The molecule has 2 aromatic carbocycles.